The first kappa shape index (κ1) is 78.2. The second-order valence-corrected chi connectivity index (χ2v) is 21.5. The van der Waals surface area contributed by atoms with E-state index in [0.29, 0.717) is 45.1 Å². The molecule has 1 aliphatic heterocycles. The highest BCUT2D eigenvalue weighted by Crippen LogP contribution is 2.20. The van der Waals surface area contributed by atoms with Crippen LogP contribution in [0.5, 0.6) is 0 Å². The zero-order valence-corrected chi connectivity index (χ0v) is 51.7. The average molecular weight is 1340 g/mol. The standard InChI is InChI=1S/C56H95IN8O21/c57-64-40(52(74)65-31-17-19-44(65)56(81)82)18-15-16-28-58-45(66)25-22-42(54(77)78)62-48(69)27-24-43(55(79)80)63-50(71)39-86-37-35-84-33-30-60-49(70)38-85-36-34-83-32-29-59-46(67)26-23-41(53(75)76)61-47(68)20-13-11-9-7-5-3-1-2-4-6-8-10-12-14-21-51(72)73/h40-44,64H,1-39H2,(H,58,66)(H,59,67)(H,60,70)(H,61,68)(H,62,69)(H,63,71)(H,72,73)(H,75,76)(H,77,78)(H,79,80)(H,81,82)/t40-,41-,42-,43-,44-/m0/s1. The second kappa shape index (κ2) is 50.2. The summed E-state index contributed by atoms with van der Waals surface area (Å²) in [5, 5.41) is 61.7. The van der Waals surface area contributed by atoms with Gasteiger partial charge in [-0.1, -0.05) is 77.0 Å². The molecule has 30 heteroatoms. The molecule has 1 fully saturated rings. The van der Waals surface area contributed by atoms with E-state index in [1.54, 1.807) is 0 Å². The molecule has 1 saturated heterocycles. The molecule has 1 aliphatic rings. The molecule has 7 amide bonds. The minimum absolute atomic E-state index is 0.0266. The van der Waals surface area contributed by atoms with Crippen molar-refractivity contribution in [2.75, 3.05) is 79.0 Å². The molecule has 0 spiro atoms. The van der Waals surface area contributed by atoms with Crippen molar-refractivity contribution in [3.05, 3.63) is 0 Å². The van der Waals surface area contributed by atoms with Crippen LogP contribution in [0.25, 0.3) is 0 Å². The lowest BCUT2D eigenvalue weighted by atomic mass is 10.0. The molecule has 0 aromatic rings. The number of halogens is 1. The van der Waals surface area contributed by atoms with Gasteiger partial charge in [0.25, 0.3) is 0 Å². The van der Waals surface area contributed by atoms with Crippen LogP contribution >= 0.6 is 22.9 Å². The predicted molar refractivity (Wildman–Crippen MR) is 317 cm³/mol. The summed E-state index contributed by atoms with van der Waals surface area (Å²) in [5.74, 6) is -9.44. The van der Waals surface area contributed by atoms with Gasteiger partial charge in [-0.05, 0) is 64.2 Å². The summed E-state index contributed by atoms with van der Waals surface area (Å²) >= 11 is 1.84. The Balaban J connectivity index is 2.08. The van der Waals surface area contributed by atoms with Crippen molar-refractivity contribution in [2.24, 2.45) is 0 Å². The number of carboxylic acids is 5. The number of ether oxygens (including phenoxy) is 4. The molecule has 0 unspecified atom stereocenters. The third-order valence-corrected chi connectivity index (χ3v) is 14.5. The molecule has 0 aromatic heterocycles. The summed E-state index contributed by atoms with van der Waals surface area (Å²) in [5.41, 5.74) is 0. The number of amides is 7. The summed E-state index contributed by atoms with van der Waals surface area (Å²) in [4.78, 5) is 146. The zero-order chi connectivity index (χ0) is 63.7. The van der Waals surface area contributed by atoms with Crippen LogP contribution in [0, 0.1) is 0 Å². The molecular weight excluding hydrogens is 1250 g/mol. The predicted octanol–water partition coefficient (Wildman–Crippen LogP) is 2.33. The number of unbranched alkanes of at least 4 members (excludes halogenated alkanes) is 14. The summed E-state index contributed by atoms with van der Waals surface area (Å²) < 4.78 is 24.1. The molecule has 0 bridgehead atoms. The Morgan fingerprint density at radius 2 is 0.802 bits per heavy atom. The Hall–Kier alpha value is -5.83. The van der Waals surface area contributed by atoms with Gasteiger partial charge in [-0.3, -0.25) is 38.4 Å². The lowest BCUT2D eigenvalue weighted by molar-refractivity contribution is -0.148. The fourth-order valence-corrected chi connectivity index (χ4v) is 9.56. The maximum Gasteiger partial charge on any atom is 0.326 e. The van der Waals surface area contributed by atoms with E-state index < -0.39 is 103 Å². The normalized spacial score (nSPS) is 14.2. The van der Waals surface area contributed by atoms with Gasteiger partial charge in [-0.25, -0.2) is 22.7 Å². The van der Waals surface area contributed by atoms with Crippen molar-refractivity contribution in [3.63, 3.8) is 0 Å². The number of aliphatic carboxylic acids is 5. The number of hydrogen-bond acceptors (Lipinski definition) is 17. The first-order valence-electron chi connectivity index (χ1n) is 30.0. The van der Waals surface area contributed by atoms with E-state index in [9.17, 15) is 78.0 Å². The first-order valence-corrected chi connectivity index (χ1v) is 31.1. The fourth-order valence-electron chi connectivity index (χ4n) is 8.99. The molecule has 29 nitrogen and oxygen atoms in total. The average Bonchev–Trinajstić information content (AvgIpc) is 3.35. The van der Waals surface area contributed by atoms with Gasteiger partial charge in [0.05, 0.1) is 45.7 Å². The van der Waals surface area contributed by atoms with Crippen molar-refractivity contribution < 1.29 is 102 Å². The van der Waals surface area contributed by atoms with Crippen LogP contribution in [-0.2, 0) is 76.5 Å². The number of carboxylic acid groups (broad SMARTS) is 5. The van der Waals surface area contributed by atoms with Crippen molar-refractivity contribution in [1.29, 1.82) is 0 Å². The number of likely N-dealkylation sites (tertiary alicyclic amines) is 1. The smallest absolute Gasteiger partial charge is 0.326 e. The molecule has 1 heterocycles. The minimum atomic E-state index is -1.51. The van der Waals surface area contributed by atoms with Crippen molar-refractivity contribution >= 4 is 94.1 Å². The third-order valence-electron chi connectivity index (χ3n) is 13.8. The van der Waals surface area contributed by atoms with Crippen molar-refractivity contribution in [3.8, 4) is 0 Å². The van der Waals surface area contributed by atoms with Gasteiger partial charge in [0.2, 0.25) is 41.4 Å². The van der Waals surface area contributed by atoms with E-state index in [4.69, 9.17) is 24.1 Å². The van der Waals surface area contributed by atoms with Crippen LogP contribution < -0.4 is 35.4 Å². The van der Waals surface area contributed by atoms with Gasteiger partial charge in [0, 0.05) is 81.1 Å². The second-order valence-electron chi connectivity index (χ2n) is 20.9. The lowest BCUT2D eigenvalue weighted by Gasteiger charge is -2.26. The lowest BCUT2D eigenvalue weighted by Crippen LogP contribution is -2.48. The van der Waals surface area contributed by atoms with Crippen LogP contribution in [0.1, 0.15) is 173 Å². The molecule has 0 saturated carbocycles. The molecule has 492 valence electrons. The van der Waals surface area contributed by atoms with E-state index in [1.165, 1.54) is 37.0 Å². The van der Waals surface area contributed by atoms with Gasteiger partial charge in [-0.15, -0.1) is 0 Å². The molecule has 0 aromatic carbocycles. The highest BCUT2D eigenvalue weighted by molar-refractivity contribution is 14.1. The number of nitrogens with one attached hydrogen (secondary N) is 7. The van der Waals surface area contributed by atoms with Crippen LogP contribution in [0.4, 0.5) is 0 Å². The number of carbonyl (C=O) groups is 12. The molecule has 0 aliphatic carbocycles. The van der Waals surface area contributed by atoms with E-state index in [2.05, 4.69) is 35.4 Å². The maximum absolute atomic E-state index is 12.9. The third kappa shape index (κ3) is 41.3. The Morgan fingerprint density at radius 3 is 1.26 bits per heavy atom. The SMILES string of the molecule is O=C(O)CCCCCCCCCCCCCCCCC(=O)N[C@@H](CCC(=O)NCCOCCOCC(=O)NCCOCCOCC(=O)N[C@@H](CCC(=O)N[C@@H](CCC(=O)NCCCC[C@H](NI)C(=O)N1CCC[C@H]1C(=O)O)C(=O)O)C(=O)O)C(=O)O. The Bertz CT molecular complexity index is 2060. The van der Waals surface area contributed by atoms with Crippen molar-refractivity contribution in [1.82, 2.24) is 40.3 Å². The topological polar surface area (TPSA) is 430 Å². The highest BCUT2D eigenvalue weighted by atomic mass is 127. The molecule has 5 atom stereocenters. The van der Waals surface area contributed by atoms with Gasteiger partial charge >= 0.3 is 29.8 Å². The first-order chi connectivity index (χ1) is 41.2. The Kier molecular flexibility index (Phi) is 45.6. The van der Waals surface area contributed by atoms with Crippen LogP contribution in [0.2, 0.25) is 0 Å². The summed E-state index contributed by atoms with van der Waals surface area (Å²) in [7, 11) is 0. The van der Waals surface area contributed by atoms with Crippen LogP contribution in [0.15, 0.2) is 0 Å². The highest BCUT2D eigenvalue weighted by Gasteiger charge is 2.37. The molecule has 1 rings (SSSR count). The van der Waals surface area contributed by atoms with E-state index in [1.807, 2.05) is 22.9 Å². The minimum Gasteiger partial charge on any atom is -0.481 e. The molecule has 86 heavy (non-hydrogen) atoms. The molecular formula is C56H95IN8O21. The Morgan fingerprint density at radius 1 is 0.407 bits per heavy atom. The van der Waals surface area contributed by atoms with Crippen LogP contribution in [-0.4, -0.2) is 211 Å². The monoisotopic (exact) mass is 1340 g/mol. The van der Waals surface area contributed by atoms with Crippen molar-refractivity contribution in [2.45, 2.75) is 204 Å². The molecule has 12 N–H and O–H groups in total. The molecule has 0 radical (unpaired) electrons. The number of hydrogen-bond donors (Lipinski definition) is 12. The summed E-state index contributed by atoms with van der Waals surface area (Å²) in [6.45, 7) is 0.489. The van der Waals surface area contributed by atoms with E-state index >= 15 is 0 Å². The zero-order valence-electron chi connectivity index (χ0n) is 49.6. The summed E-state index contributed by atoms with van der Waals surface area (Å²) in [6, 6.07) is -5.59. The largest absolute Gasteiger partial charge is 0.481 e. The summed E-state index contributed by atoms with van der Waals surface area (Å²) in [6.07, 6.45) is 16.1. The number of rotatable bonds is 56. The van der Waals surface area contributed by atoms with Gasteiger partial charge < -0.3 is 81.3 Å². The fraction of sp³-hybridized carbons (Fsp3) is 0.786. The van der Waals surface area contributed by atoms with Gasteiger partial charge in [0.15, 0.2) is 0 Å². The number of carbonyl (C=O) groups excluding carboxylic acids is 7. The number of nitrogens with zero attached hydrogens (tertiary/aromatic N) is 1. The van der Waals surface area contributed by atoms with Crippen LogP contribution in [0.3, 0.4) is 0 Å². The Labute approximate surface area is 516 Å². The maximum atomic E-state index is 12.9. The van der Waals surface area contributed by atoms with Gasteiger partial charge in [0.1, 0.15) is 37.4 Å². The van der Waals surface area contributed by atoms with E-state index in [0.717, 1.165) is 51.4 Å². The quantitative estimate of drug-likeness (QED) is 0.0236. The van der Waals surface area contributed by atoms with E-state index in [-0.39, 0.29) is 123 Å². The van der Waals surface area contributed by atoms with Gasteiger partial charge in [-0.2, -0.15) is 0 Å².